The van der Waals surface area contributed by atoms with E-state index in [9.17, 15) is 4.79 Å². The molecule has 0 atom stereocenters. The molecule has 3 N–H and O–H groups in total. The van der Waals surface area contributed by atoms with Crippen molar-refractivity contribution in [3.05, 3.63) is 71.3 Å². The van der Waals surface area contributed by atoms with Gasteiger partial charge in [-0.05, 0) is 47.4 Å². The van der Waals surface area contributed by atoms with Crippen LogP contribution in [0.5, 0.6) is 0 Å². The lowest BCUT2D eigenvalue weighted by atomic mass is 10.1. The normalized spacial score (nSPS) is 12.5. The van der Waals surface area contributed by atoms with Crippen LogP contribution in [-0.4, -0.2) is 17.7 Å². The molecule has 0 aliphatic heterocycles. The Bertz CT molecular complexity index is 690. The van der Waals surface area contributed by atoms with E-state index in [4.69, 9.17) is 5.21 Å². The van der Waals surface area contributed by atoms with Gasteiger partial charge in [-0.25, -0.2) is 5.48 Å². The van der Waals surface area contributed by atoms with E-state index in [-0.39, 0.29) is 0 Å². The Morgan fingerprint density at radius 2 is 1.86 bits per heavy atom. The van der Waals surface area contributed by atoms with Crippen LogP contribution < -0.4 is 10.8 Å². The first kappa shape index (κ1) is 13.4. The standard InChI is InChI=1S/C17H16N2O2/c20-17(19-21)13-7-9-15(10-8-13)18-11-14-6-5-12-3-1-2-4-16(12)14/h1-4,6-10,18,21H,5,11H2,(H,19,20). The van der Waals surface area contributed by atoms with E-state index in [1.807, 2.05) is 12.1 Å². The van der Waals surface area contributed by atoms with Crippen LogP contribution in [0.3, 0.4) is 0 Å². The third kappa shape index (κ3) is 2.80. The summed E-state index contributed by atoms with van der Waals surface area (Å²) in [6.07, 6.45) is 3.23. The van der Waals surface area contributed by atoms with Gasteiger partial charge >= 0.3 is 0 Å². The largest absolute Gasteiger partial charge is 0.381 e. The van der Waals surface area contributed by atoms with Gasteiger partial charge in [0.1, 0.15) is 0 Å². The van der Waals surface area contributed by atoms with Crippen LogP contribution in [0, 0.1) is 0 Å². The van der Waals surface area contributed by atoms with E-state index < -0.39 is 5.91 Å². The molecule has 4 nitrogen and oxygen atoms in total. The number of hydrogen-bond donors (Lipinski definition) is 3. The minimum absolute atomic E-state index is 0.425. The fourth-order valence-corrected chi connectivity index (χ4v) is 2.52. The average molecular weight is 280 g/mol. The molecule has 0 spiro atoms. The van der Waals surface area contributed by atoms with Crippen molar-refractivity contribution in [2.24, 2.45) is 0 Å². The van der Waals surface area contributed by atoms with E-state index >= 15 is 0 Å². The maximum absolute atomic E-state index is 11.2. The van der Waals surface area contributed by atoms with Crippen LogP contribution in [0.15, 0.2) is 54.6 Å². The van der Waals surface area contributed by atoms with Crippen molar-refractivity contribution in [1.29, 1.82) is 0 Å². The molecule has 0 fully saturated rings. The zero-order valence-electron chi connectivity index (χ0n) is 11.5. The summed E-state index contributed by atoms with van der Waals surface area (Å²) in [5.74, 6) is -0.506. The highest BCUT2D eigenvalue weighted by Crippen LogP contribution is 2.27. The second kappa shape index (κ2) is 5.81. The second-order valence-corrected chi connectivity index (χ2v) is 4.96. The Labute approximate surface area is 123 Å². The molecular weight excluding hydrogens is 264 g/mol. The van der Waals surface area contributed by atoms with E-state index in [0.29, 0.717) is 5.56 Å². The summed E-state index contributed by atoms with van der Waals surface area (Å²) in [7, 11) is 0. The first-order valence-corrected chi connectivity index (χ1v) is 6.83. The quantitative estimate of drug-likeness (QED) is 0.596. The van der Waals surface area contributed by atoms with Gasteiger partial charge in [0.2, 0.25) is 0 Å². The SMILES string of the molecule is O=C(NO)c1ccc(NCC2=CCc3ccccc32)cc1. The number of allylic oxidation sites excluding steroid dienone is 1. The van der Waals surface area contributed by atoms with Gasteiger partial charge in [0, 0.05) is 17.8 Å². The van der Waals surface area contributed by atoms with Crippen molar-refractivity contribution in [3.8, 4) is 0 Å². The number of fused-ring (bicyclic) bond motifs is 1. The Kier molecular flexibility index (Phi) is 3.71. The fourth-order valence-electron chi connectivity index (χ4n) is 2.52. The molecule has 0 heterocycles. The molecule has 0 aromatic heterocycles. The Morgan fingerprint density at radius 3 is 2.62 bits per heavy atom. The lowest BCUT2D eigenvalue weighted by Crippen LogP contribution is -2.18. The summed E-state index contributed by atoms with van der Waals surface area (Å²) >= 11 is 0. The van der Waals surface area contributed by atoms with Crippen LogP contribution in [0.4, 0.5) is 5.69 Å². The van der Waals surface area contributed by atoms with Gasteiger partial charge in [-0.2, -0.15) is 0 Å². The molecule has 0 radical (unpaired) electrons. The highest BCUT2D eigenvalue weighted by Gasteiger charge is 2.12. The Balaban J connectivity index is 1.65. The van der Waals surface area contributed by atoms with Crippen LogP contribution in [0.25, 0.3) is 5.57 Å². The van der Waals surface area contributed by atoms with Gasteiger partial charge < -0.3 is 5.32 Å². The molecule has 1 amide bonds. The summed E-state index contributed by atoms with van der Waals surface area (Å²) in [5, 5.41) is 11.9. The molecule has 1 aliphatic rings. The number of carbonyl (C=O) groups is 1. The molecule has 0 bridgehead atoms. The highest BCUT2D eigenvalue weighted by atomic mass is 16.5. The van der Waals surface area contributed by atoms with Gasteiger partial charge in [-0.15, -0.1) is 0 Å². The zero-order valence-corrected chi connectivity index (χ0v) is 11.5. The zero-order chi connectivity index (χ0) is 14.7. The van der Waals surface area contributed by atoms with Crippen molar-refractivity contribution >= 4 is 17.2 Å². The molecule has 2 aromatic rings. The number of carbonyl (C=O) groups excluding carboxylic acids is 1. The van der Waals surface area contributed by atoms with Crippen molar-refractivity contribution in [2.45, 2.75) is 6.42 Å². The predicted octanol–water partition coefficient (Wildman–Crippen LogP) is 2.86. The van der Waals surface area contributed by atoms with E-state index in [0.717, 1.165) is 18.7 Å². The number of nitrogens with one attached hydrogen (secondary N) is 2. The molecule has 0 unspecified atom stereocenters. The van der Waals surface area contributed by atoms with Crippen LogP contribution in [0.2, 0.25) is 0 Å². The van der Waals surface area contributed by atoms with Crippen molar-refractivity contribution < 1.29 is 10.0 Å². The van der Waals surface area contributed by atoms with Gasteiger partial charge in [-0.1, -0.05) is 30.3 Å². The minimum Gasteiger partial charge on any atom is -0.381 e. The molecule has 3 rings (SSSR count). The van der Waals surface area contributed by atoms with Crippen LogP contribution in [-0.2, 0) is 6.42 Å². The first-order valence-electron chi connectivity index (χ1n) is 6.83. The maximum atomic E-state index is 11.2. The summed E-state index contributed by atoms with van der Waals surface area (Å²) in [5.41, 5.74) is 6.95. The summed E-state index contributed by atoms with van der Waals surface area (Å²) in [6.45, 7) is 0.753. The number of benzene rings is 2. The average Bonchev–Trinajstić information content (AvgIpc) is 2.96. The van der Waals surface area contributed by atoms with Gasteiger partial charge in [0.15, 0.2) is 0 Å². The number of hydroxylamine groups is 1. The molecule has 21 heavy (non-hydrogen) atoms. The second-order valence-electron chi connectivity index (χ2n) is 4.96. The van der Waals surface area contributed by atoms with Crippen molar-refractivity contribution in [1.82, 2.24) is 5.48 Å². The maximum Gasteiger partial charge on any atom is 0.274 e. The van der Waals surface area contributed by atoms with Crippen molar-refractivity contribution in [2.75, 3.05) is 11.9 Å². The van der Waals surface area contributed by atoms with E-state index in [1.54, 1.807) is 17.6 Å². The summed E-state index contributed by atoms with van der Waals surface area (Å²) in [6, 6.07) is 15.4. The Hall–Kier alpha value is -2.59. The number of rotatable bonds is 4. The monoisotopic (exact) mass is 280 g/mol. The molecule has 106 valence electrons. The van der Waals surface area contributed by atoms with Crippen molar-refractivity contribution in [3.63, 3.8) is 0 Å². The lowest BCUT2D eigenvalue weighted by Gasteiger charge is -2.09. The Morgan fingerprint density at radius 1 is 1.10 bits per heavy atom. The van der Waals surface area contributed by atoms with Gasteiger partial charge in [-0.3, -0.25) is 10.0 Å². The number of anilines is 1. The summed E-state index contributed by atoms with van der Waals surface area (Å²) < 4.78 is 0. The minimum atomic E-state index is -0.506. The lowest BCUT2D eigenvalue weighted by molar-refractivity contribution is 0.0706. The smallest absolute Gasteiger partial charge is 0.274 e. The molecule has 1 aliphatic carbocycles. The fraction of sp³-hybridized carbons (Fsp3) is 0.118. The molecule has 0 saturated carbocycles. The molecule has 2 aromatic carbocycles. The van der Waals surface area contributed by atoms with Crippen LogP contribution in [0.1, 0.15) is 21.5 Å². The number of hydrogen-bond acceptors (Lipinski definition) is 3. The topological polar surface area (TPSA) is 61.4 Å². The molecule has 4 heteroatoms. The van der Waals surface area contributed by atoms with Gasteiger partial charge in [0.05, 0.1) is 0 Å². The molecule has 0 saturated heterocycles. The number of amides is 1. The summed E-state index contributed by atoms with van der Waals surface area (Å²) in [4.78, 5) is 11.2. The third-order valence-corrected chi connectivity index (χ3v) is 3.66. The van der Waals surface area contributed by atoms with E-state index in [1.165, 1.54) is 16.7 Å². The molecular formula is C17H16N2O2. The van der Waals surface area contributed by atoms with Crippen LogP contribution >= 0.6 is 0 Å². The highest BCUT2D eigenvalue weighted by molar-refractivity contribution is 5.93. The van der Waals surface area contributed by atoms with E-state index in [2.05, 4.69) is 35.7 Å². The van der Waals surface area contributed by atoms with Gasteiger partial charge in [0.25, 0.3) is 5.91 Å². The first-order chi connectivity index (χ1) is 10.3. The third-order valence-electron chi connectivity index (χ3n) is 3.66. The predicted molar refractivity (Wildman–Crippen MR) is 82.3 cm³/mol.